The van der Waals surface area contributed by atoms with Crippen molar-refractivity contribution in [2.75, 3.05) is 26.7 Å². The van der Waals surface area contributed by atoms with Crippen molar-refractivity contribution in [2.24, 2.45) is 10.9 Å². The molecule has 0 aromatic carbocycles. The lowest BCUT2D eigenvalue weighted by Gasteiger charge is -2.26. The predicted molar refractivity (Wildman–Crippen MR) is 119 cm³/mol. The molecule has 3 heterocycles. The molecule has 3 rings (SSSR count). The number of amidine groups is 1. The lowest BCUT2D eigenvalue weighted by molar-refractivity contribution is 0.0275. The highest BCUT2D eigenvalue weighted by atomic mass is 16.6. The molecule has 2 aliphatic heterocycles. The van der Waals surface area contributed by atoms with Gasteiger partial charge in [-0.3, -0.25) is 4.90 Å². The minimum absolute atomic E-state index is 0.0838. The van der Waals surface area contributed by atoms with Gasteiger partial charge < -0.3 is 30.1 Å². The first kappa shape index (κ1) is 23.9. The zero-order chi connectivity index (χ0) is 23.5. The molecule has 1 amide bonds. The predicted octanol–water partition coefficient (Wildman–Crippen LogP) is 2.43. The average molecular weight is 450 g/mol. The number of aromatic nitrogens is 1. The summed E-state index contributed by atoms with van der Waals surface area (Å²) in [6.07, 6.45) is 2.21. The number of likely N-dealkylation sites (tertiary alicyclic amines) is 2. The molecule has 0 bridgehead atoms. The van der Waals surface area contributed by atoms with Gasteiger partial charge in [0.2, 0.25) is 5.88 Å². The zero-order valence-electron chi connectivity index (χ0n) is 19.6. The molecule has 3 N–H and O–H groups in total. The molecular formula is C22H35N5O5. The van der Waals surface area contributed by atoms with Gasteiger partial charge in [-0.05, 0) is 54.1 Å². The van der Waals surface area contributed by atoms with Crippen LogP contribution >= 0.6 is 0 Å². The minimum Gasteiger partial charge on any atom is -0.488 e. The van der Waals surface area contributed by atoms with E-state index in [1.807, 2.05) is 27.7 Å². The fourth-order valence-electron chi connectivity index (χ4n) is 4.10. The molecule has 2 aliphatic rings. The Bertz CT molecular complexity index is 840. The maximum absolute atomic E-state index is 12.3. The lowest BCUT2D eigenvalue weighted by Crippen LogP contribution is -2.38. The molecule has 0 spiro atoms. The van der Waals surface area contributed by atoms with Crippen LogP contribution in [0.3, 0.4) is 0 Å². The van der Waals surface area contributed by atoms with Crippen LogP contribution < -0.4 is 15.2 Å². The molecule has 0 unspecified atom stereocenters. The maximum Gasteiger partial charge on any atom is 0.410 e. The molecule has 0 aliphatic carbocycles. The summed E-state index contributed by atoms with van der Waals surface area (Å²) in [7, 11) is 2.09. The van der Waals surface area contributed by atoms with E-state index in [1.165, 1.54) is 0 Å². The van der Waals surface area contributed by atoms with Gasteiger partial charge in [0.05, 0.1) is 6.54 Å². The topological polar surface area (TPSA) is 123 Å². The van der Waals surface area contributed by atoms with Crippen LogP contribution in [0.4, 0.5) is 4.79 Å². The Morgan fingerprint density at radius 3 is 2.69 bits per heavy atom. The number of hydrogen-bond donors (Lipinski definition) is 2. The van der Waals surface area contributed by atoms with E-state index in [0.29, 0.717) is 37.2 Å². The second-order valence-corrected chi connectivity index (χ2v) is 9.48. The van der Waals surface area contributed by atoms with Crippen LogP contribution in [0.15, 0.2) is 17.3 Å². The molecule has 0 saturated carbocycles. The van der Waals surface area contributed by atoms with Crippen LogP contribution in [0.5, 0.6) is 11.6 Å². The number of carbonyl (C=O) groups excluding carboxylic acids is 1. The number of oxime groups is 1. The van der Waals surface area contributed by atoms with Crippen molar-refractivity contribution in [1.29, 1.82) is 0 Å². The van der Waals surface area contributed by atoms with Crippen LogP contribution in [0.2, 0.25) is 0 Å². The summed E-state index contributed by atoms with van der Waals surface area (Å²) in [6.45, 7) is 9.54. The van der Waals surface area contributed by atoms with E-state index in [-0.39, 0.29) is 29.8 Å². The third-order valence-electron chi connectivity index (χ3n) is 5.67. The van der Waals surface area contributed by atoms with Crippen molar-refractivity contribution in [2.45, 2.75) is 70.8 Å². The summed E-state index contributed by atoms with van der Waals surface area (Å²) < 4.78 is 17.7. The Labute approximate surface area is 189 Å². The Morgan fingerprint density at radius 2 is 2.06 bits per heavy atom. The van der Waals surface area contributed by atoms with Crippen molar-refractivity contribution in [3.63, 3.8) is 0 Å². The molecule has 3 atom stereocenters. The molecule has 10 nitrogen and oxygen atoms in total. The first-order valence-electron chi connectivity index (χ1n) is 11.1. The zero-order valence-corrected chi connectivity index (χ0v) is 19.6. The van der Waals surface area contributed by atoms with E-state index in [0.717, 1.165) is 19.4 Å². The van der Waals surface area contributed by atoms with Crippen LogP contribution in [-0.4, -0.2) is 82.5 Å². The van der Waals surface area contributed by atoms with Gasteiger partial charge in [-0.25, -0.2) is 9.78 Å². The van der Waals surface area contributed by atoms with Gasteiger partial charge in [0.1, 0.15) is 29.3 Å². The minimum atomic E-state index is -0.548. The first-order valence-corrected chi connectivity index (χ1v) is 11.1. The molecule has 1 aromatic rings. The molecule has 32 heavy (non-hydrogen) atoms. The standard InChI is InChI=1S/C22H35N5O5/c1-14(18-7-6-9-26(18)5)30-19-12-16(11-17(24-19)20(23)25-29)31-15-8-10-27(13-15)21(28)32-22(2,3)4/h11-12,14-15,18,29H,6-10,13H2,1-5H3,(H2,23,25)/t14-,15-,18-/m0/s1. The smallest absolute Gasteiger partial charge is 0.410 e. The van der Waals surface area contributed by atoms with Crippen molar-refractivity contribution in [1.82, 2.24) is 14.8 Å². The number of likely N-dealkylation sites (N-methyl/N-ethyl adjacent to an activating group) is 1. The summed E-state index contributed by atoms with van der Waals surface area (Å²) in [6, 6.07) is 3.60. The number of rotatable bonds is 6. The Balaban J connectivity index is 1.70. The van der Waals surface area contributed by atoms with Gasteiger partial charge in [-0.15, -0.1) is 0 Å². The van der Waals surface area contributed by atoms with Gasteiger partial charge in [0.15, 0.2) is 5.84 Å². The second-order valence-electron chi connectivity index (χ2n) is 9.48. The highest BCUT2D eigenvalue weighted by Gasteiger charge is 2.32. The van der Waals surface area contributed by atoms with E-state index in [1.54, 1.807) is 17.0 Å². The molecule has 2 saturated heterocycles. The third-order valence-corrected chi connectivity index (χ3v) is 5.67. The van der Waals surface area contributed by atoms with E-state index in [9.17, 15) is 4.79 Å². The molecule has 1 aromatic heterocycles. The summed E-state index contributed by atoms with van der Waals surface area (Å²) in [4.78, 5) is 20.6. The summed E-state index contributed by atoms with van der Waals surface area (Å²) >= 11 is 0. The average Bonchev–Trinajstić information content (AvgIpc) is 3.35. The van der Waals surface area contributed by atoms with E-state index in [2.05, 4.69) is 22.1 Å². The Kier molecular flexibility index (Phi) is 7.33. The highest BCUT2D eigenvalue weighted by molar-refractivity contribution is 5.95. The number of hydrogen-bond acceptors (Lipinski definition) is 8. The maximum atomic E-state index is 12.3. The van der Waals surface area contributed by atoms with Gasteiger partial charge in [0, 0.05) is 31.1 Å². The van der Waals surface area contributed by atoms with Crippen LogP contribution in [0, 0.1) is 0 Å². The monoisotopic (exact) mass is 449 g/mol. The van der Waals surface area contributed by atoms with E-state index in [4.69, 9.17) is 25.2 Å². The number of nitrogens with two attached hydrogens (primary N) is 1. The fraction of sp³-hybridized carbons (Fsp3) is 0.682. The summed E-state index contributed by atoms with van der Waals surface area (Å²) in [5.41, 5.74) is 5.49. The number of nitrogens with zero attached hydrogens (tertiary/aromatic N) is 4. The molecular weight excluding hydrogens is 414 g/mol. The van der Waals surface area contributed by atoms with Crippen LogP contribution in [0.1, 0.15) is 52.7 Å². The number of amides is 1. The SMILES string of the molecule is C[C@H](Oc1cc(O[C@H]2CCN(C(=O)OC(C)(C)C)C2)cc(/C(N)=N/O)n1)[C@@H]1CCCN1C. The Hall–Kier alpha value is -2.75. The number of carbonyl (C=O) groups is 1. The quantitative estimate of drug-likeness (QED) is 0.294. The van der Waals surface area contributed by atoms with Gasteiger partial charge in [-0.2, -0.15) is 0 Å². The normalized spacial score (nSPS) is 23.3. The van der Waals surface area contributed by atoms with Crippen molar-refractivity contribution in [3.05, 3.63) is 17.8 Å². The summed E-state index contributed by atoms with van der Waals surface area (Å²) in [5, 5.41) is 12.2. The molecule has 2 fully saturated rings. The fourth-order valence-corrected chi connectivity index (χ4v) is 4.10. The van der Waals surface area contributed by atoms with E-state index < -0.39 is 5.60 Å². The Morgan fingerprint density at radius 1 is 1.31 bits per heavy atom. The largest absolute Gasteiger partial charge is 0.488 e. The molecule has 10 heteroatoms. The highest BCUT2D eigenvalue weighted by Crippen LogP contribution is 2.27. The van der Waals surface area contributed by atoms with Crippen molar-refractivity contribution < 1.29 is 24.2 Å². The summed E-state index contributed by atoms with van der Waals surface area (Å²) in [5.74, 6) is 0.700. The van der Waals surface area contributed by atoms with Crippen LogP contribution in [-0.2, 0) is 4.74 Å². The van der Waals surface area contributed by atoms with Gasteiger partial charge in [-0.1, -0.05) is 5.16 Å². The number of ether oxygens (including phenoxy) is 3. The first-order chi connectivity index (χ1) is 15.1. The lowest BCUT2D eigenvalue weighted by atomic mass is 10.1. The molecule has 0 radical (unpaired) electrons. The van der Waals surface area contributed by atoms with Crippen LogP contribution in [0.25, 0.3) is 0 Å². The van der Waals surface area contributed by atoms with Gasteiger partial charge >= 0.3 is 6.09 Å². The van der Waals surface area contributed by atoms with Crippen molar-refractivity contribution >= 4 is 11.9 Å². The van der Waals surface area contributed by atoms with Gasteiger partial charge in [0.25, 0.3) is 0 Å². The second kappa shape index (κ2) is 9.81. The van der Waals surface area contributed by atoms with Crippen molar-refractivity contribution in [3.8, 4) is 11.6 Å². The molecule has 178 valence electrons. The van der Waals surface area contributed by atoms with E-state index >= 15 is 0 Å². The number of pyridine rings is 1. The third kappa shape index (κ3) is 6.15.